The number of carbonyl (C=O) groups excluding carboxylic acids is 1. The summed E-state index contributed by atoms with van der Waals surface area (Å²) in [5.74, 6) is -1.59. The van der Waals surface area contributed by atoms with E-state index in [4.69, 9.17) is 66.3 Å². The quantitative estimate of drug-likeness (QED) is 0.0207. The van der Waals surface area contributed by atoms with Gasteiger partial charge in [-0.2, -0.15) is 4.91 Å². The molecule has 4 saturated carbocycles. The second-order valence-corrected chi connectivity index (χ2v) is 29.3. The van der Waals surface area contributed by atoms with Gasteiger partial charge >= 0.3 is 5.97 Å². The van der Waals surface area contributed by atoms with Crippen LogP contribution >= 0.6 is 0 Å². The molecule has 7 heterocycles. The third-order valence-electron chi connectivity index (χ3n) is 23.4. The lowest BCUT2D eigenvalue weighted by molar-refractivity contribution is -0.394. The van der Waals surface area contributed by atoms with E-state index in [1.54, 1.807) is 6.92 Å². The van der Waals surface area contributed by atoms with Crippen LogP contribution in [0.2, 0.25) is 0 Å². The summed E-state index contributed by atoms with van der Waals surface area (Å²) >= 11 is 0. The molecular formula is C62H99NO37. The van der Waals surface area contributed by atoms with Crippen LogP contribution in [0.5, 0.6) is 0 Å². The molecule has 11 aliphatic rings. The van der Waals surface area contributed by atoms with Gasteiger partial charge in [0, 0.05) is 6.42 Å². The van der Waals surface area contributed by atoms with Gasteiger partial charge in [-0.15, -0.1) is 0 Å². The predicted octanol–water partition coefficient (Wildman–Crippen LogP) is -9.84. The number of carbonyl (C=O) groups is 1. The van der Waals surface area contributed by atoms with Gasteiger partial charge in [0.2, 0.25) is 6.29 Å². The molecule has 35 unspecified atom stereocenters. The van der Waals surface area contributed by atoms with Gasteiger partial charge in [-0.25, -0.2) is 0 Å². The third-order valence-corrected chi connectivity index (χ3v) is 23.4. The Hall–Kier alpha value is -2.55. The molecule has 1 spiro atoms. The minimum atomic E-state index is -2.10. The van der Waals surface area contributed by atoms with Crippen LogP contribution in [0.3, 0.4) is 0 Å². The fourth-order valence-corrected chi connectivity index (χ4v) is 17.9. The van der Waals surface area contributed by atoms with Crippen molar-refractivity contribution in [3.63, 3.8) is 0 Å². The number of aliphatic hydroxyl groups is 21. The Bertz CT molecular complexity index is 2750. The summed E-state index contributed by atoms with van der Waals surface area (Å²) in [6.07, 6.45) is -58.0. The third kappa shape index (κ3) is 14.2. The van der Waals surface area contributed by atoms with E-state index in [2.05, 4.69) is 18.7 Å². The fraction of sp³-hybridized carbons (Fsp3) is 0.952. The zero-order chi connectivity index (χ0) is 72.6. The molecule has 38 nitrogen and oxygen atoms in total. The Kier molecular flexibility index (Phi) is 24.6. The highest BCUT2D eigenvalue weighted by atomic mass is 16.8. The molecule has 4 aliphatic carbocycles. The molecule has 7 saturated heterocycles. The zero-order valence-corrected chi connectivity index (χ0v) is 54.9. The molecule has 38 heteroatoms. The van der Waals surface area contributed by atoms with Crippen LogP contribution in [0, 0.1) is 33.0 Å². The number of nitroso groups, excluding NO2 is 1. The number of hydrogen-bond acceptors (Lipinski definition) is 38. The molecule has 21 N–H and O–H groups in total. The largest absolute Gasteiger partial charge is 0.432 e. The summed E-state index contributed by atoms with van der Waals surface area (Å²) in [5.41, 5.74) is -3.58. The molecule has 0 radical (unpaired) electrons. The maximum atomic E-state index is 15.5. The van der Waals surface area contributed by atoms with Crippen molar-refractivity contribution in [1.29, 1.82) is 0 Å². The summed E-state index contributed by atoms with van der Waals surface area (Å²) < 4.78 is 85.8. The van der Waals surface area contributed by atoms with Crippen LogP contribution in [0.4, 0.5) is 0 Å². The summed E-state index contributed by atoms with van der Waals surface area (Å²) in [7, 11) is 0. The van der Waals surface area contributed by atoms with Gasteiger partial charge in [-0.1, -0.05) is 25.1 Å². The van der Waals surface area contributed by atoms with Crippen molar-refractivity contribution < 1.29 is 178 Å². The van der Waals surface area contributed by atoms with Crippen molar-refractivity contribution in [2.24, 2.45) is 33.3 Å². The summed E-state index contributed by atoms with van der Waals surface area (Å²) in [6.45, 7) is 2.24. The Morgan fingerprint density at radius 1 is 0.460 bits per heavy atom. The first kappa shape index (κ1) is 78.5. The number of nitrogens with zero attached hydrogens (tertiary/aromatic N) is 1. The van der Waals surface area contributed by atoms with Crippen molar-refractivity contribution in [1.82, 2.24) is 0 Å². The Labute approximate surface area is 571 Å². The average Bonchev–Trinajstić information content (AvgIpc) is 1.44. The molecule has 574 valence electrons. The standard InChI is InChI=1S/C62H99NO37/c1-21-12-61-9-5-31-59(2,7-4-8-60(31,3)58(85)99-56-49(98-55-46(84)43(81)37(75)28(17-68)92-55)47(38(76)29(18-69)93-56)96-54-45(83)42(80)36(74)27(16-67)91-54)32(61)6-10-62(21,20-61)100-57-50(97-51-23(71)11-22(70)24(13-64)88-51)48(95-52-33(63-86)40(78)34(72)25(14-65)89-52)39(77)30(94-57)19-87-53-44(82)41(79)35(73)26(15-66)90-53/h22-57,64-84H,1,4-20H2,2-3H3/t22?,23?,24?,25?,26?,27?,28?,29?,30?,31?,32-,33?,34?,35?,36?,37?,38?,39?,40?,41?,42?,43?,44?,45?,46?,47?,48?,49?,50?,51?,52?,53?,54?,55?,56?,57?,59+,60+,61+,62-/m0/s1. The average molecular weight is 1450 g/mol. The van der Waals surface area contributed by atoms with E-state index in [-0.39, 0.29) is 25.2 Å². The minimum absolute atomic E-state index is 0.175. The fourth-order valence-electron chi connectivity index (χ4n) is 17.9. The van der Waals surface area contributed by atoms with Crippen LogP contribution in [-0.2, 0) is 71.1 Å². The van der Waals surface area contributed by atoms with Crippen molar-refractivity contribution >= 4 is 5.97 Å². The van der Waals surface area contributed by atoms with Gasteiger partial charge in [-0.3, -0.25) is 4.79 Å². The van der Waals surface area contributed by atoms with Crippen LogP contribution in [0.25, 0.3) is 0 Å². The lowest BCUT2D eigenvalue weighted by Gasteiger charge is -2.64. The van der Waals surface area contributed by atoms with E-state index in [1.165, 1.54) is 0 Å². The molecule has 40 atom stereocenters. The van der Waals surface area contributed by atoms with Gasteiger partial charge in [0.15, 0.2) is 49.9 Å². The summed E-state index contributed by atoms with van der Waals surface area (Å²) in [6, 6.07) is -1.96. The van der Waals surface area contributed by atoms with E-state index >= 15 is 4.79 Å². The first-order valence-corrected chi connectivity index (χ1v) is 34.0. The highest BCUT2D eigenvalue weighted by Gasteiger charge is 2.70. The van der Waals surface area contributed by atoms with Crippen LogP contribution in [0.15, 0.2) is 17.3 Å². The molecule has 2 bridgehead atoms. The van der Waals surface area contributed by atoms with Crippen molar-refractivity contribution in [2.75, 3.05) is 46.2 Å². The van der Waals surface area contributed by atoms with E-state index < -0.39 is 295 Å². The lowest BCUT2D eigenvalue weighted by Crippen LogP contribution is -2.68. The molecular weight excluding hydrogens is 1350 g/mol. The van der Waals surface area contributed by atoms with Gasteiger partial charge in [-0.05, 0) is 86.5 Å². The number of fused-ring (bicyclic) bond motifs is 3. The van der Waals surface area contributed by atoms with Crippen LogP contribution < -0.4 is 0 Å². The molecule has 100 heavy (non-hydrogen) atoms. The number of esters is 1. The first-order valence-electron chi connectivity index (χ1n) is 34.0. The second kappa shape index (κ2) is 31.3. The van der Waals surface area contributed by atoms with Crippen LogP contribution in [-0.4, -0.2) is 374 Å². The van der Waals surface area contributed by atoms with E-state index in [0.717, 1.165) is 0 Å². The normalized spacial score (nSPS) is 53.6. The zero-order valence-electron chi connectivity index (χ0n) is 54.9. The minimum Gasteiger partial charge on any atom is -0.432 e. The summed E-state index contributed by atoms with van der Waals surface area (Å²) in [4.78, 5) is 28.1. The van der Waals surface area contributed by atoms with Crippen molar-refractivity contribution in [3.05, 3.63) is 17.1 Å². The Morgan fingerprint density at radius 3 is 1.46 bits per heavy atom. The van der Waals surface area contributed by atoms with Gasteiger partial charge in [0.25, 0.3) is 0 Å². The Balaban J connectivity index is 0.890. The highest BCUT2D eigenvalue weighted by Crippen LogP contribution is 2.74. The summed E-state index contributed by atoms with van der Waals surface area (Å²) in [5, 5.41) is 230. The molecule has 0 amide bonds. The van der Waals surface area contributed by atoms with Gasteiger partial charge in [0.1, 0.15) is 146 Å². The number of aliphatic hydroxyl groups excluding tert-OH is 21. The second-order valence-electron chi connectivity index (χ2n) is 29.3. The number of ether oxygens (including phenoxy) is 14. The predicted molar refractivity (Wildman–Crippen MR) is 319 cm³/mol. The lowest BCUT2D eigenvalue weighted by atomic mass is 9.41. The molecule has 0 aromatic rings. The monoisotopic (exact) mass is 1450 g/mol. The van der Waals surface area contributed by atoms with Crippen molar-refractivity contribution in [2.45, 2.75) is 292 Å². The smallest absolute Gasteiger partial charge is 0.314 e. The maximum absolute atomic E-state index is 15.5. The van der Waals surface area contributed by atoms with E-state index in [0.29, 0.717) is 44.1 Å². The SMILES string of the molecule is C=C1C[C@@]23CCC4[C@](C)(C(=O)OC5OC(CO)C(O)C(OC6OC(CO)C(O)C(O)C6O)C5OC5OC(CO)C(O)C(O)C5O)CCC[C@@]4(C)[C@@H]2CC[C@]1(OC1OC(COC2OC(CO)C(O)C(O)C2O)C(O)C(OC2OC(CO)C(O)C(O)C2N=O)C1OC1OC(CO)C(O)CC1O)C3. The molecule has 7 aliphatic heterocycles. The number of hydrogen-bond donors (Lipinski definition) is 21. The van der Waals surface area contributed by atoms with Crippen molar-refractivity contribution in [3.8, 4) is 0 Å². The molecule has 0 aromatic carbocycles. The first-order chi connectivity index (χ1) is 47.4. The van der Waals surface area contributed by atoms with Crippen LogP contribution in [0.1, 0.15) is 78.1 Å². The highest BCUT2D eigenvalue weighted by molar-refractivity contribution is 5.77. The Morgan fingerprint density at radius 2 is 0.900 bits per heavy atom. The molecule has 11 fully saturated rings. The maximum Gasteiger partial charge on any atom is 0.314 e. The topological polar surface area (TPSA) is 601 Å². The van der Waals surface area contributed by atoms with E-state index in [1.807, 2.05) is 0 Å². The van der Waals surface area contributed by atoms with Gasteiger partial charge < -0.3 is 174 Å². The van der Waals surface area contributed by atoms with Gasteiger partial charge in [0.05, 0.1) is 63.4 Å². The van der Waals surface area contributed by atoms with E-state index in [9.17, 15) is 112 Å². The molecule has 0 aromatic heterocycles. The molecule has 11 rings (SSSR count). The number of rotatable bonds is 22.